The molecule has 4 rings (SSSR count). The zero-order chi connectivity index (χ0) is 24.2. The van der Waals surface area contributed by atoms with Gasteiger partial charge in [0, 0.05) is 12.3 Å². The minimum absolute atomic E-state index is 0.233. The highest BCUT2D eigenvalue weighted by Crippen LogP contribution is 2.40. The van der Waals surface area contributed by atoms with Crippen LogP contribution >= 0.6 is 23.2 Å². The van der Waals surface area contributed by atoms with Gasteiger partial charge in [0.25, 0.3) is 5.91 Å². The van der Waals surface area contributed by atoms with Gasteiger partial charge in [-0.25, -0.2) is 18.2 Å². The molecule has 1 saturated carbocycles. The van der Waals surface area contributed by atoms with Gasteiger partial charge in [-0.1, -0.05) is 23.2 Å². The van der Waals surface area contributed by atoms with E-state index in [2.05, 4.69) is 4.98 Å². The monoisotopic (exact) mass is 509 g/mol. The predicted molar refractivity (Wildman–Crippen MR) is 107 cm³/mol. The first-order valence-electron chi connectivity index (χ1n) is 9.32. The quantitative estimate of drug-likeness (QED) is 0.389. The molecule has 0 aliphatic heterocycles. The van der Waals surface area contributed by atoms with Crippen molar-refractivity contribution >= 4 is 40.1 Å². The lowest BCUT2D eigenvalue weighted by atomic mass is 10.1. The van der Waals surface area contributed by atoms with E-state index in [1.165, 1.54) is 0 Å². The minimum Gasteiger partial charge on any atom is -0.340 e. The molecule has 1 aliphatic carbocycles. The number of carbonyl (C=O) groups is 1. The minimum atomic E-state index is -4.78. The number of hydrogen-bond donors (Lipinski definition) is 1. The van der Waals surface area contributed by atoms with E-state index in [4.69, 9.17) is 23.2 Å². The summed E-state index contributed by atoms with van der Waals surface area (Å²) in [6, 6.07) is -0.429. The molecule has 1 aliphatic rings. The van der Waals surface area contributed by atoms with E-state index in [1.54, 1.807) is 5.32 Å². The second kappa shape index (κ2) is 8.21. The third kappa shape index (κ3) is 4.39. The second-order valence-electron chi connectivity index (χ2n) is 7.42. The Morgan fingerprint density at radius 1 is 1.12 bits per heavy atom. The van der Waals surface area contributed by atoms with Crippen molar-refractivity contribution in [2.75, 3.05) is 0 Å². The molecule has 5 nitrogen and oxygen atoms in total. The molecule has 1 N–H and O–H groups in total. The zero-order valence-electron chi connectivity index (χ0n) is 16.1. The van der Waals surface area contributed by atoms with Crippen LogP contribution in [0.4, 0.5) is 26.3 Å². The topological polar surface area (TPSA) is 64.0 Å². The van der Waals surface area contributed by atoms with Crippen molar-refractivity contribution in [3.8, 4) is 5.69 Å². The van der Waals surface area contributed by atoms with E-state index in [-0.39, 0.29) is 12.8 Å². The summed E-state index contributed by atoms with van der Waals surface area (Å²) in [4.78, 5) is 29.3. The van der Waals surface area contributed by atoms with Crippen LogP contribution in [0.25, 0.3) is 16.7 Å². The number of nitrogens with zero attached hydrogens (tertiary/aromatic N) is 2. The Hall–Kier alpha value is -2.79. The van der Waals surface area contributed by atoms with Crippen molar-refractivity contribution < 1.29 is 31.1 Å². The summed E-state index contributed by atoms with van der Waals surface area (Å²) in [6.07, 6.45) is -3.61. The van der Waals surface area contributed by atoms with Gasteiger partial charge in [-0.15, -0.1) is 0 Å². The van der Waals surface area contributed by atoms with E-state index in [0.29, 0.717) is 18.3 Å². The highest BCUT2D eigenvalue weighted by atomic mass is 35.5. The molecule has 174 valence electrons. The van der Waals surface area contributed by atoms with Crippen molar-refractivity contribution in [3.63, 3.8) is 0 Å². The summed E-state index contributed by atoms with van der Waals surface area (Å²) in [5.74, 6) is -5.72. The highest BCUT2D eigenvalue weighted by molar-refractivity contribution is 6.32. The van der Waals surface area contributed by atoms with Gasteiger partial charge in [-0.2, -0.15) is 13.2 Å². The number of carbonyl (C=O) groups excluding carboxylic acids is 1. The number of hydrogen-bond acceptors (Lipinski definition) is 3. The number of amides is 1. The molecule has 0 radical (unpaired) electrons. The molecule has 0 saturated heterocycles. The molecule has 33 heavy (non-hydrogen) atoms. The molecule has 2 heterocycles. The number of pyridine rings is 2. The number of halogens is 8. The van der Waals surface area contributed by atoms with E-state index < -0.39 is 79.4 Å². The normalized spacial score (nSPS) is 15.0. The molecule has 0 spiro atoms. The van der Waals surface area contributed by atoms with E-state index in [1.807, 2.05) is 0 Å². The van der Waals surface area contributed by atoms with Crippen LogP contribution < -0.4 is 10.7 Å². The van der Waals surface area contributed by atoms with Crippen molar-refractivity contribution in [2.24, 2.45) is 5.92 Å². The van der Waals surface area contributed by atoms with E-state index in [9.17, 15) is 35.9 Å². The standard InChI is InChI=1S/C20H11Cl2F6N3O2/c21-11-3-8(23)4-12(24)14(11)31-6-10(15(32)9-5-13(25)17(22)30-18(9)31)19(33)29-16(7-1-2-7)20(26,27)28/h3-7,16H,1-2H2,(H,29,33). The van der Waals surface area contributed by atoms with Crippen LogP contribution in [-0.4, -0.2) is 27.7 Å². The van der Waals surface area contributed by atoms with Gasteiger partial charge in [0.1, 0.15) is 23.1 Å². The van der Waals surface area contributed by atoms with Crippen LogP contribution in [0, 0.1) is 23.4 Å². The second-order valence-corrected chi connectivity index (χ2v) is 8.19. The fraction of sp³-hybridized carbons (Fsp3) is 0.250. The van der Waals surface area contributed by atoms with Gasteiger partial charge in [0.05, 0.1) is 10.4 Å². The van der Waals surface area contributed by atoms with Crippen molar-refractivity contribution in [1.29, 1.82) is 0 Å². The summed E-state index contributed by atoms with van der Waals surface area (Å²) < 4.78 is 83.0. The molecule has 13 heteroatoms. The lowest BCUT2D eigenvalue weighted by Crippen LogP contribution is -2.48. The third-order valence-corrected chi connectivity index (χ3v) is 5.64. The van der Waals surface area contributed by atoms with Gasteiger partial charge in [0.15, 0.2) is 22.4 Å². The number of alkyl halides is 3. The fourth-order valence-corrected chi connectivity index (χ4v) is 3.83. The maximum Gasteiger partial charge on any atom is 0.408 e. The van der Waals surface area contributed by atoms with Crippen molar-refractivity contribution in [1.82, 2.24) is 14.9 Å². The Labute approximate surface area is 190 Å². The average Bonchev–Trinajstić information content (AvgIpc) is 3.52. The van der Waals surface area contributed by atoms with Crippen molar-refractivity contribution in [2.45, 2.75) is 25.1 Å². The predicted octanol–water partition coefficient (Wildman–Crippen LogP) is 5.18. The van der Waals surface area contributed by atoms with Gasteiger partial charge >= 0.3 is 6.18 Å². The highest BCUT2D eigenvalue weighted by Gasteiger charge is 2.49. The maximum atomic E-state index is 14.6. The van der Waals surface area contributed by atoms with Crippen LogP contribution in [0.5, 0.6) is 0 Å². The van der Waals surface area contributed by atoms with Gasteiger partial charge < -0.3 is 5.32 Å². The average molecular weight is 510 g/mol. The van der Waals surface area contributed by atoms with Crippen molar-refractivity contribution in [3.05, 3.63) is 67.8 Å². The molecule has 3 aromatic rings. The summed E-state index contributed by atoms with van der Waals surface area (Å²) >= 11 is 11.6. The number of rotatable bonds is 4. The summed E-state index contributed by atoms with van der Waals surface area (Å²) in [6.45, 7) is 0. The third-order valence-electron chi connectivity index (χ3n) is 5.09. The van der Waals surface area contributed by atoms with Gasteiger partial charge in [0.2, 0.25) is 5.43 Å². The zero-order valence-corrected chi connectivity index (χ0v) is 17.6. The Bertz CT molecular complexity index is 1330. The van der Waals surface area contributed by atoms with Crippen LogP contribution in [0.2, 0.25) is 10.2 Å². The summed E-state index contributed by atoms with van der Waals surface area (Å²) in [5.41, 5.74) is -3.07. The summed E-state index contributed by atoms with van der Waals surface area (Å²) in [7, 11) is 0. The Balaban J connectivity index is 1.95. The van der Waals surface area contributed by atoms with E-state index in [0.717, 1.165) is 10.6 Å². The molecule has 1 amide bonds. The largest absolute Gasteiger partial charge is 0.408 e. The molecular weight excluding hydrogens is 499 g/mol. The Morgan fingerprint density at radius 3 is 2.36 bits per heavy atom. The molecule has 1 unspecified atom stereocenters. The Kier molecular flexibility index (Phi) is 5.81. The van der Waals surface area contributed by atoms with Gasteiger partial charge in [-0.3, -0.25) is 14.2 Å². The van der Waals surface area contributed by atoms with Gasteiger partial charge in [-0.05, 0) is 30.9 Å². The first kappa shape index (κ1) is 23.4. The number of benzene rings is 1. The fourth-order valence-electron chi connectivity index (χ4n) is 3.41. The molecule has 2 aromatic heterocycles. The van der Waals surface area contributed by atoms with Crippen LogP contribution in [-0.2, 0) is 0 Å². The molecular formula is C20H11Cl2F6N3O2. The van der Waals surface area contributed by atoms with Crippen LogP contribution in [0.3, 0.4) is 0 Å². The first-order valence-corrected chi connectivity index (χ1v) is 10.1. The molecule has 1 fully saturated rings. The smallest absolute Gasteiger partial charge is 0.340 e. The number of nitrogens with one attached hydrogen (secondary N) is 1. The first-order chi connectivity index (χ1) is 15.4. The number of aromatic nitrogens is 2. The molecule has 1 aromatic carbocycles. The van der Waals surface area contributed by atoms with Crippen LogP contribution in [0.15, 0.2) is 29.2 Å². The summed E-state index contributed by atoms with van der Waals surface area (Å²) in [5, 5.41) is -0.0317. The van der Waals surface area contributed by atoms with Crippen LogP contribution in [0.1, 0.15) is 23.2 Å². The Morgan fingerprint density at radius 2 is 1.79 bits per heavy atom. The number of fused-ring (bicyclic) bond motifs is 1. The molecule has 0 bridgehead atoms. The lowest BCUT2D eigenvalue weighted by Gasteiger charge is -2.21. The SMILES string of the molecule is O=C(NC(C1CC1)C(F)(F)F)c1cn(-c2c(F)cc(F)cc2Cl)c2nc(Cl)c(F)cc2c1=O. The maximum absolute atomic E-state index is 14.6. The van der Waals surface area contributed by atoms with E-state index >= 15 is 0 Å². The lowest BCUT2D eigenvalue weighted by molar-refractivity contribution is -0.158. The molecule has 1 atom stereocenters.